The van der Waals surface area contributed by atoms with E-state index < -0.39 is 12.7 Å². The van der Waals surface area contributed by atoms with Crippen LogP contribution in [0, 0.1) is 11.8 Å². The number of rotatable bonds is 9. The summed E-state index contributed by atoms with van der Waals surface area (Å²) in [5.41, 5.74) is 0.654. The van der Waals surface area contributed by atoms with Crippen molar-refractivity contribution in [2.45, 2.75) is 44.6 Å². The molecule has 6 nitrogen and oxygen atoms in total. The first-order chi connectivity index (χ1) is 14.4. The van der Waals surface area contributed by atoms with Crippen LogP contribution in [0.15, 0.2) is 24.3 Å². The summed E-state index contributed by atoms with van der Waals surface area (Å²) >= 11 is 0. The van der Waals surface area contributed by atoms with Gasteiger partial charge in [-0.1, -0.05) is 12.1 Å². The molecule has 0 spiro atoms. The van der Waals surface area contributed by atoms with Crippen LogP contribution in [0.3, 0.4) is 0 Å². The molecule has 0 atom stereocenters. The summed E-state index contributed by atoms with van der Waals surface area (Å²) < 4.78 is 68.8. The fourth-order valence-electron chi connectivity index (χ4n) is 3.53. The third-order valence-corrected chi connectivity index (χ3v) is 5.16. The zero-order valence-electron chi connectivity index (χ0n) is 17.1. The Bertz CT molecular complexity index is 608. The Balaban J connectivity index is 1.32. The Kier molecular flexibility index (Phi) is 8.76. The van der Waals surface area contributed by atoms with Gasteiger partial charge in [0.25, 0.3) is 0 Å². The third kappa shape index (κ3) is 7.70. The van der Waals surface area contributed by atoms with E-state index in [4.69, 9.17) is 23.7 Å². The second kappa shape index (κ2) is 11.3. The van der Waals surface area contributed by atoms with E-state index in [2.05, 4.69) is 4.74 Å². The molecule has 170 valence electrons. The summed E-state index contributed by atoms with van der Waals surface area (Å²) in [7, 11) is 1.70. The number of hydrogen-bond acceptors (Lipinski definition) is 6. The van der Waals surface area contributed by atoms with Crippen LogP contribution >= 0.6 is 0 Å². The molecule has 0 saturated carbocycles. The van der Waals surface area contributed by atoms with Crippen LogP contribution in [0.1, 0.15) is 37.5 Å². The predicted molar refractivity (Wildman–Crippen MR) is 101 cm³/mol. The molecular formula is C21H29F3O6. The van der Waals surface area contributed by atoms with Gasteiger partial charge >= 0.3 is 6.36 Å². The molecule has 1 aromatic carbocycles. The lowest BCUT2D eigenvalue weighted by Crippen LogP contribution is -2.34. The Labute approximate surface area is 174 Å². The van der Waals surface area contributed by atoms with Crippen molar-refractivity contribution in [3.05, 3.63) is 29.8 Å². The lowest BCUT2D eigenvalue weighted by Gasteiger charge is -2.32. The molecule has 2 fully saturated rings. The van der Waals surface area contributed by atoms with E-state index in [1.54, 1.807) is 7.11 Å². The number of ether oxygens (including phenoxy) is 6. The first kappa shape index (κ1) is 23.3. The smallest absolute Gasteiger partial charge is 0.406 e. The Morgan fingerprint density at radius 3 is 2.07 bits per heavy atom. The number of hydrogen-bond donors (Lipinski definition) is 0. The maximum Gasteiger partial charge on any atom is 0.573 e. The van der Waals surface area contributed by atoms with Crippen molar-refractivity contribution in [3.63, 3.8) is 0 Å². The minimum Gasteiger partial charge on any atom is -0.406 e. The highest BCUT2D eigenvalue weighted by molar-refractivity contribution is 5.28. The fraction of sp³-hybridized carbons (Fsp3) is 0.714. The second-order valence-electron chi connectivity index (χ2n) is 7.66. The molecule has 30 heavy (non-hydrogen) atoms. The second-order valence-corrected chi connectivity index (χ2v) is 7.66. The van der Waals surface area contributed by atoms with Crippen LogP contribution in [0.2, 0.25) is 0 Å². The number of alkyl halides is 3. The first-order valence-electron chi connectivity index (χ1n) is 10.2. The van der Waals surface area contributed by atoms with Gasteiger partial charge in [-0.15, -0.1) is 13.2 Å². The SMILES string of the molecule is COCCCC1COC(CCC2COC(c3ccc(OC(F)(F)F)cc3)OC2)OC1. The van der Waals surface area contributed by atoms with Crippen molar-refractivity contribution in [1.29, 1.82) is 0 Å². The van der Waals surface area contributed by atoms with Crippen LogP contribution in [0.25, 0.3) is 0 Å². The van der Waals surface area contributed by atoms with Crippen molar-refractivity contribution in [2.75, 3.05) is 40.1 Å². The molecule has 0 bridgehead atoms. The van der Waals surface area contributed by atoms with E-state index in [1.807, 2.05) is 0 Å². The standard InChI is InChI=1S/C21H29F3O6/c1-25-10-2-3-15-11-26-19(27-12-15)9-4-16-13-28-20(29-14-16)17-5-7-18(8-6-17)30-21(22,23)24/h5-8,15-16,19-20H,2-4,9-14H2,1H3. The van der Waals surface area contributed by atoms with Gasteiger partial charge in [0.1, 0.15) is 5.75 Å². The van der Waals surface area contributed by atoms with Crippen molar-refractivity contribution in [2.24, 2.45) is 11.8 Å². The van der Waals surface area contributed by atoms with Gasteiger partial charge in [-0.3, -0.25) is 0 Å². The molecule has 2 saturated heterocycles. The molecule has 1 aromatic rings. The maximum atomic E-state index is 12.2. The number of methoxy groups -OCH3 is 1. The molecule has 0 unspecified atom stereocenters. The van der Waals surface area contributed by atoms with Gasteiger partial charge in [0, 0.05) is 31.1 Å². The minimum absolute atomic E-state index is 0.192. The largest absolute Gasteiger partial charge is 0.573 e. The molecule has 9 heteroatoms. The van der Waals surface area contributed by atoms with Gasteiger partial charge < -0.3 is 28.4 Å². The fourth-order valence-corrected chi connectivity index (χ4v) is 3.53. The van der Waals surface area contributed by atoms with Crippen LogP contribution in [0.5, 0.6) is 5.75 Å². The normalized spacial score (nSPS) is 27.7. The van der Waals surface area contributed by atoms with Gasteiger partial charge in [0.15, 0.2) is 12.6 Å². The molecule has 0 aliphatic carbocycles. The summed E-state index contributed by atoms with van der Waals surface area (Å²) in [6.45, 7) is 3.20. The van der Waals surface area contributed by atoms with E-state index in [0.29, 0.717) is 37.9 Å². The van der Waals surface area contributed by atoms with Gasteiger partial charge in [-0.2, -0.15) is 0 Å². The van der Waals surface area contributed by atoms with Crippen molar-refractivity contribution in [3.8, 4) is 5.75 Å². The summed E-state index contributed by atoms with van der Waals surface area (Å²) in [5, 5.41) is 0. The Morgan fingerprint density at radius 1 is 0.867 bits per heavy atom. The highest BCUT2D eigenvalue weighted by atomic mass is 19.4. The third-order valence-electron chi connectivity index (χ3n) is 5.16. The van der Waals surface area contributed by atoms with Crippen LogP contribution in [0.4, 0.5) is 13.2 Å². The predicted octanol–water partition coefficient (Wildman–Crippen LogP) is 4.44. The quantitative estimate of drug-likeness (QED) is 0.536. The topological polar surface area (TPSA) is 55.4 Å². The monoisotopic (exact) mass is 434 g/mol. The Morgan fingerprint density at radius 2 is 1.47 bits per heavy atom. The molecular weight excluding hydrogens is 405 g/mol. The van der Waals surface area contributed by atoms with Gasteiger partial charge in [0.2, 0.25) is 0 Å². The summed E-state index contributed by atoms with van der Waals surface area (Å²) in [6.07, 6.45) is -1.81. The van der Waals surface area contributed by atoms with E-state index in [9.17, 15) is 13.2 Å². The average Bonchev–Trinajstić information content (AvgIpc) is 2.73. The molecule has 0 amide bonds. The van der Waals surface area contributed by atoms with Gasteiger partial charge in [0.05, 0.1) is 26.4 Å². The van der Waals surface area contributed by atoms with Crippen LogP contribution < -0.4 is 4.74 Å². The molecule has 0 radical (unpaired) electrons. The minimum atomic E-state index is -4.71. The lowest BCUT2D eigenvalue weighted by molar-refractivity contribution is -0.274. The number of halogens is 3. The van der Waals surface area contributed by atoms with Gasteiger partial charge in [-0.05, 0) is 37.8 Å². The van der Waals surface area contributed by atoms with Crippen molar-refractivity contribution in [1.82, 2.24) is 0 Å². The van der Waals surface area contributed by atoms with E-state index in [-0.39, 0.29) is 18.0 Å². The highest BCUT2D eigenvalue weighted by Gasteiger charge is 2.31. The summed E-state index contributed by atoms with van der Waals surface area (Å²) in [5.74, 6) is 0.375. The Hall–Kier alpha value is -1.39. The van der Waals surface area contributed by atoms with Crippen molar-refractivity contribution >= 4 is 0 Å². The summed E-state index contributed by atoms with van der Waals surface area (Å²) in [4.78, 5) is 0. The van der Waals surface area contributed by atoms with E-state index in [1.165, 1.54) is 24.3 Å². The summed E-state index contributed by atoms with van der Waals surface area (Å²) in [6, 6.07) is 5.53. The molecule has 0 N–H and O–H groups in total. The van der Waals surface area contributed by atoms with Gasteiger partial charge in [-0.25, -0.2) is 0 Å². The molecule has 2 aliphatic heterocycles. The van der Waals surface area contributed by atoms with Crippen molar-refractivity contribution < 1.29 is 41.6 Å². The lowest BCUT2D eigenvalue weighted by atomic mass is 10.0. The van der Waals surface area contributed by atoms with E-state index in [0.717, 1.165) is 32.3 Å². The molecule has 0 aromatic heterocycles. The molecule has 3 rings (SSSR count). The zero-order chi connectivity index (χ0) is 21.4. The number of benzene rings is 1. The maximum absolute atomic E-state index is 12.2. The zero-order valence-corrected chi connectivity index (χ0v) is 17.1. The first-order valence-corrected chi connectivity index (χ1v) is 10.2. The molecule has 2 heterocycles. The highest BCUT2D eigenvalue weighted by Crippen LogP contribution is 2.30. The van der Waals surface area contributed by atoms with Crippen LogP contribution in [-0.2, 0) is 23.7 Å². The average molecular weight is 434 g/mol. The van der Waals surface area contributed by atoms with E-state index >= 15 is 0 Å². The molecule has 2 aliphatic rings. The van der Waals surface area contributed by atoms with Crippen LogP contribution in [-0.4, -0.2) is 52.8 Å².